The van der Waals surface area contributed by atoms with Gasteiger partial charge in [0.15, 0.2) is 0 Å². The maximum atomic E-state index is 12.6. The van der Waals surface area contributed by atoms with E-state index in [-0.39, 0.29) is 5.91 Å². The van der Waals surface area contributed by atoms with Crippen LogP contribution in [0.5, 0.6) is 5.75 Å². The quantitative estimate of drug-likeness (QED) is 0.920. The smallest absolute Gasteiger partial charge is 0.246 e. The van der Waals surface area contributed by atoms with Crippen molar-refractivity contribution in [2.24, 2.45) is 0 Å². The molecular weight excluding hydrogens is 302 g/mol. The number of halogens is 1. The van der Waals surface area contributed by atoms with E-state index in [1.54, 1.807) is 37.7 Å². The molecule has 0 saturated carbocycles. The average Bonchev–Trinajstić information content (AvgIpc) is 2.48. The highest BCUT2D eigenvalue weighted by molar-refractivity contribution is 6.32. The number of nitrogens with one attached hydrogen (secondary N) is 1. The van der Waals surface area contributed by atoms with Crippen molar-refractivity contribution in [2.75, 3.05) is 26.5 Å². The monoisotopic (exact) mass is 319 g/mol. The lowest BCUT2D eigenvalue weighted by molar-refractivity contribution is -0.120. The molecule has 1 heterocycles. The summed E-state index contributed by atoms with van der Waals surface area (Å²) in [5, 5.41) is 3.31. The molecule has 22 heavy (non-hydrogen) atoms. The molecule has 0 aliphatic rings. The number of anilines is 1. The number of nitrogens with zero attached hydrogens (tertiary/aromatic N) is 2. The summed E-state index contributed by atoms with van der Waals surface area (Å²) in [5.74, 6) is 0.412. The van der Waals surface area contributed by atoms with Gasteiger partial charge in [-0.05, 0) is 43.9 Å². The maximum Gasteiger partial charge on any atom is 0.246 e. The van der Waals surface area contributed by atoms with E-state index in [1.807, 2.05) is 31.1 Å². The molecule has 0 aliphatic carbocycles. The zero-order valence-corrected chi connectivity index (χ0v) is 13.5. The van der Waals surface area contributed by atoms with Crippen molar-refractivity contribution < 1.29 is 9.53 Å². The largest absolute Gasteiger partial charge is 0.495 e. The van der Waals surface area contributed by atoms with E-state index in [2.05, 4.69) is 10.3 Å². The Bertz CT molecular complexity index is 647. The first kappa shape index (κ1) is 16.3. The summed E-state index contributed by atoms with van der Waals surface area (Å²) >= 11 is 6.08. The molecule has 0 aliphatic heterocycles. The number of amides is 1. The molecule has 1 N–H and O–H groups in total. The van der Waals surface area contributed by atoms with Gasteiger partial charge >= 0.3 is 0 Å². The standard InChI is InChI=1S/C16H18ClN3O2/c1-20(2)15(11-5-4-8-18-10-11)16(21)19-12-6-7-14(22-3)13(17)9-12/h4-10,15H,1-3H3,(H,19,21). The van der Waals surface area contributed by atoms with Crippen LogP contribution in [0, 0.1) is 0 Å². The number of likely N-dealkylation sites (N-methyl/N-ethyl adjacent to an activating group) is 1. The first-order chi connectivity index (χ1) is 10.5. The van der Waals surface area contributed by atoms with Crippen molar-refractivity contribution in [3.63, 3.8) is 0 Å². The van der Waals surface area contributed by atoms with Crippen molar-refractivity contribution in [3.05, 3.63) is 53.3 Å². The van der Waals surface area contributed by atoms with Crippen molar-refractivity contribution in [1.29, 1.82) is 0 Å². The minimum Gasteiger partial charge on any atom is -0.495 e. The number of aromatic nitrogens is 1. The van der Waals surface area contributed by atoms with Crippen LogP contribution in [-0.4, -0.2) is 37.0 Å². The molecule has 0 bridgehead atoms. The molecule has 1 amide bonds. The van der Waals surface area contributed by atoms with Gasteiger partial charge in [0.1, 0.15) is 11.8 Å². The number of benzene rings is 1. The number of carbonyl (C=O) groups excluding carboxylic acids is 1. The van der Waals surface area contributed by atoms with Crippen LogP contribution in [0.3, 0.4) is 0 Å². The van der Waals surface area contributed by atoms with Gasteiger partial charge in [-0.1, -0.05) is 17.7 Å². The third-order valence-electron chi connectivity index (χ3n) is 3.18. The lowest BCUT2D eigenvalue weighted by Crippen LogP contribution is -2.32. The molecule has 1 aromatic carbocycles. The van der Waals surface area contributed by atoms with Gasteiger partial charge in [-0.3, -0.25) is 14.7 Å². The van der Waals surface area contributed by atoms with Crippen LogP contribution in [0.25, 0.3) is 0 Å². The lowest BCUT2D eigenvalue weighted by Gasteiger charge is -2.23. The van der Waals surface area contributed by atoms with Gasteiger partial charge in [-0.25, -0.2) is 0 Å². The molecule has 2 aromatic rings. The molecule has 1 unspecified atom stereocenters. The predicted octanol–water partition coefficient (Wildman–Crippen LogP) is 2.99. The van der Waals surface area contributed by atoms with Crippen molar-refractivity contribution in [2.45, 2.75) is 6.04 Å². The van der Waals surface area contributed by atoms with Crippen LogP contribution < -0.4 is 10.1 Å². The highest BCUT2D eigenvalue weighted by atomic mass is 35.5. The average molecular weight is 320 g/mol. The summed E-state index contributed by atoms with van der Waals surface area (Å²) in [7, 11) is 5.24. The molecule has 1 atom stereocenters. The van der Waals surface area contributed by atoms with Crippen LogP contribution in [0.1, 0.15) is 11.6 Å². The Hall–Kier alpha value is -2.11. The second kappa shape index (κ2) is 7.24. The number of hydrogen-bond acceptors (Lipinski definition) is 4. The van der Waals surface area contributed by atoms with Gasteiger partial charge in [-0.15, -0.1) is 0 Å². The zero-order valence-electron chi connectivity index (χ0n) is 12.7. The fraction of sp³-hybridized carbons (Fsp3) is 0.250. The highest BCUT2D eigenvalue weighted by Crippen LogP contribution is 2.28. The molecule has 0 radical (unpaired) electrons. The first-order valence-electron chi connectivity index (χ1n) is 6.73. The summed E-state index contributed by atoms with van der Waals surface area (Å²) in [6.45, 7) is 0. The van der Waals surface area contributed by atoms with Gasteiger partial charge in [0, 0.05) is 18.1 Å². The van der Waals surface area contributed by atoms with Crippen LogP contribution in [0.2, 0.25) is 5.02 Å². The Morgan fingerprint density at radius 2 is 2.14 bits per heavy atom. The fourth-order valence-corrected chi connectivity index (χ4v) is 2.43. The van der Waals surface area contributed by atoms with Crippen LogP contribution >= 0.6 is 11.6 Å². The summed E-state index contributed by atoms with van der Waals surface area (Å²) in [5.41, 5.74) is 1.44. The lowest BCUT2D eigenvalue weighted by atomic mass is 10.1. The van der Waals surface area contributed by atoms with Gasteiger partial charge in [0.2, 0.25) is 5.91 Å². The van der Waals surface area contributed by atoms with Gasteiger partial charge < -0.3 is 10.1 Å². The summed E-state index contributed by atoms with van der Waals surface area (Å²) in [4.78, 5) is 18.5. The summed E-state index contributed by atoms with van der Waals surface area (Å²) in [6, 6.07) is 8.37. The third-order valence-corrected chi connectivity index (χ3v) is 3.48. The van der Waals surface area contributed by atoms with Gasteiger partial charge in [0.25, 0.3) is 0 Å². The molecule has 0 spiro atoms. The van der Waals surface area contributed by atoms with Crippen molar-refractivity contribution in [1.82, 2.24) is 9.88 Å². The van der Waals surface area contributed by atoms with Crippen LogP contribution in [0.4, 0.5) is 5.69 Å². The molecule has 116 valence electrons. The van der Waals surface area contributed by atoms with Crippen LogP contribution in [0.15, 0.2) is 42.7 Å². The Kier molecular flexibility index (Phi) is 5.35. The van der Waals surface area contributed by atoms with Crippen molar-refractivity contribution in [3.8, 4) is 5.75 Å². The van der Waals surface area contributed by atoms with E-state index in [1.165, 1.54) is 0 Å². The number of ether oxygens (including phenoxy) is 1. The van der Waals surface area contributed by atoms with Crippen molar-refractivity contribution >= 4 is 23.2 Å². The Morgan fingerprint density at radius 3 is 2.68 bits per heavy atom. The van der Waals surface area contributed by atoms with Gasteiger partial charge in [0.05, 0.1) is 12.1 Å². The number of hydrogen-bond donors (Lipinski definition) is 1. The SMILES string of the molecule is COc1ccc(NC(=O)C(c2cccnc2)N(C)C)cc1Cl. The van der Waals surface area contributed by atoms with E-state index in [0.717, 1.165) is 5.56 Å². The Morgan fingerprint density at radius 1 is 1.36 bits per heavy atom. The summed E-state index contributed by atoms with van der Waals surface area (Å²) < 4.78 is 5.10. The molecule has 2 rings (SSSR count). The minimum absolute atomic E-state index is 0.153. The number of carbonyl (C=O) groups is 1. The minimum atomic E-state index is -0.436. The molecular formula is C16H18ClN3O2. The second-order valence-corrected chi connectivity index (χ2v) is 5.40. The first-order valence-corrected chi connectivity index (χ1v) is 7.11. The van der Waals surface area contributed by atoms with Crippen LogP contribution in [-0.2, 0) is 4.79 Å². The third kappa shape index (κ3) is 3.75. The predicted molar refractivity (Wildman–Crippen MR) is 87.3 cm³/mol. The zero-order chi connectivity index (χ0) is 16.1. The second-order valence-electron chi connectivity index (χ2n) is 4.99. The molecule has 1 aromatic heterocycles. The fourth-order valence-electron chi connectivity index (χ4n) is 2.18. The van der Waals surface area contributed by atoms with E-state index >= 15 is 0 Å². The number of pyridine rings is 1. The van der Waals surface area contributed by atoms with E-state index in [4.69, 9.17) is 16.3 Å². The summed E-state index contributed by atoms with van der Waals surface area (Å²) in [6.07, 6.45) is 3.36. The number of methoxy groups -OCH3 is 1. The highest BCUT2D eigenvalue weighted by Gasteiger charge is 2.23. The molecule has 6 heteroatoms. The maximum absolute atomic E-state index is 12.6. The number of rotatable bonds is 5. The van der Waals surface area contributed by atoms with E-state index in [9.17, 15) is 4.79 Å². The van der Waals surface area contributed by atoms with E-state index in [0.29, 0.717) is 16.5 Å². The molecule has 5 nitrogen and oxygen atoms in total. The Balaban J connectivity index is 2.20. The van der Waals surface area contributed by atoms with Gasteiger partial charge in [-0.2, -0.15) is 0 Å². The normalized spacial score (nSPS) is 12.0. The molecule has 0 fully saturated rings. The molecule has 0 saturated heterocycles. The topological polar surface area (TPSA) is 54.5 Å². The Labute approximate surface area is 134 Å². The van der Waals surface area contributed by atoms with E-state index < -0.39 is 6.04 Å².